The number of rotatable bonds is 1. The van der Waals surface area contributed by atoms with Gasteiger partial charge in [0.1, 0.15) is 11.6 Å². The molecule has 2 nitrogen and oxygen atoms in total. The summed E-state index contributed by atoms with van der Waals surface area (Å²) < 4.78 is 25.7. The van der Waals surface area contributed by atoms with E-state index in [-0.39, 0.29) is 11.6 Å². The van der Waals surface area contributed by atoms with Crippen molar-refractivity contribution in [3.8, 4) is 0 Å². The molecule has 1 saturated carbocycles. The lowest BCUT2D eigenvalue weighted by molar-refractivity contribution is -0.0527. The molecule has 0 unspecified atom stereocenters. The van der Waals surface area contributed by atoms with Crippen LogP contribution in [-0.2, 0) is 5.60 Å². The highest BCUT2D eigenvalue weighted by Gasteiger charge is 2.42. The van der Waals surface area contributed by atoms with E-state index in [0.717, 1.165) is 18.2 Å². The zero-order valence-electron chi connectivity index (χ0n) is 7.50. The van der Waals surface area contributed by atoms with Gasteiger partial charge in [-0.2, -0.15) is 0 Å². The molecule has 1 aromatic rings. The Morgan fingerprint density at radius 3 is 2.14 bits per heavy atom. The van der Waals surface area contributed by atoms with Gasteiger partial charge in [0, 0.05) is 12.1 Å². The second-order valence-electron chi connectivity index (χ2n) is 3.86. The van der Waals surface area contributed by atoms with Gasteiger partial charge < -0.3 is 10.8 Å². The monoisotopic (exact) mass is 199 g/mol. The molecule has 0 heterocycles. The van der Waals surface area contributed by atoms with Crippen LogP contribution in [0, 0.1) is 11.6 Å². The summed E-state index contributed by atoms with van der Waals surface area (Å²) in [6.45, 7) is 0. The topological polar surface area (TPSA) is 46.2 Å². The van der Waals surface area contributed by atoms with E-state index in [1.54, 1.807) is 0 Å². The van der Waals surface area contributed by atoms with Crippen molar-refractivity contribution in [1.82, 2.24) is 0 Å². The predicted octanol–water partition coefficient (Wildman–Crippen LogP) is 1.27. The molecule has 4 heteroatoms. The maximum Gasteiger partial charge on any atom is 0.126 e. The molecule has 0 saturated heterocycles. The molecule has 14 heavy (non-hydrogen) atoms. The molecule has 76 valence electrons. The lowest BCUT2D eigenvalue weighted by Gasteiger charge is -2.42. The van der Waals surface area contributed by atoms with Crippen LogP contribution < -0.4 is 5.73 Å². The van der Waals surface area contributed by atoms with Gasteiger partial charge in [-0.1, -0.05) is 0 Å². The molecule has 0 aliphatic heterocycles. The van der Waals surface area contributed by atoms with Crippen LogP contribution in [0.4, 0.5) is 8.78 Å². The molecule has 0 amide bonds. The fraction of sp³-hybridized carbons (Fsp3) is 0.400. The lowest BCUT2D eigenvalue weighted by Crippen LogP contribution is -2.49. The minimum absolute atomic E-state index is 0.0775. The van der Waals surface area contributed by atoms with Crippen LogP contribution in [0.2, 0.25) is 0 Å². The second kappa shape index (κ2) is 3.00. The molecule has 0 atom stereocenters. The van der Waals surface area contributed by atoms with Crippen molar-refractivity contribution in [2.24, 2.45) is 5.73 Å². The summed E-state index contributed by atoms with van der Waals surface area (Å²) in [6, 6.07) is 3.00. The van der Waals surface area contributed by atoms with Crippen LogP contribution in [0.25, 0.3) is 0 Å². The molecule has 3 N–H and O–H groups in total. The van der Waals surface area contributed by atoms with E-state index in [9.17, 15) is 13.9 Å². The molecular weight excluding hydrogens is 188 g/mol. The van der Waals surface area contributed by atoms with Gasteiger partial charge in [-0.15, -0.1) is 0 Å². The third kappa shape index (κ3) is 1.51. The first-order chi connectivity index (χ1) is 6.49. The average molecular weight is 199 g/mol. The van der Waals surface area contributed by atoms with Crippen molar-refractivity contribution in [1.29, 1.82) is 0 Å². The van der Waals surface area contributed by atoms with Crippen molar-refractivity contribution in [3.63, 3.8) is 0 Å². The van der Waals surface area contributed by atoms with Crippen LogP contribution in [0.15, 0.2) is 18.2 Å². The summed E-state index contributed by atoms with van der Waals surface area (Å²) in [5, 5.41) is 9.89. The van der Waals surface area contributed by atoms with E-state index >= 15 is 0 Å². The lowest BCUT2D eigenvalue weighted by atomic mass is 9.72. The van der Waals surface area contributed by atoms with Gasteiger partial charge >= 0.3 is 0 Å². The third-order valence-corrected chi connectivity index (χ3v) is 2.60. The summed E-state index contributed by atoms with van der Waals surface area (Å²) in [4.78, 5) is 0. The summed E-state index contributed by atoms with van der Waals surface area (Å²) in [7, 11) is 0. The predicted molar refractivity (Wildman–Crippen MR) is 47.5 cm³/mol. The maximum absolute atomic E-state index is 12.8. The van der Waals surface area contributed by atoms with Crippen molar-refractivity contribution >= 4 is 0 Å². The first kappa shape index (κ1) is 9.55. The van der Waals surface area contributed by atoms with Crippen LogP contribution in [0.3, 0.4) is 0 Å². The average Bonchev–Trinajstić information content (AvgIpc) is 1.99. The Hall–Kier alpha value is -1.00. The highest BCUT2D eigenvalue weighted by atomic mass is 19.1. The standard InChI is InChI=1S/C10H11F2NO/c11-7-1-6(2-8(12)3-7)10(14)4-9(13)5-10/h1-3,9,14H,4-5,13H2. The normalized spacial score (nSPS) is 31.3. The molecular formula is C10H11F2NO. The summed E-state index contributed by atoms with van der Waals surface area (Å²) in [5.41, 5.74) is 4.66. The molecule has 0 radical (unpaired) electrons. The summed E-state index contributed by atoms with van der Waals surface area (Å²) >= 11 is 0. The van der Waals surface area contributed by atoms with Gasteiger partial charge in [-0.25, -0.2) is 8.78 Å². The highest BCUT2D eigenvalue weighted by molar-refractivity contribution is 5.27. The van der Waals surface area contributed by atoms with Gasteiger partial charge in [0.05, 0.1) is 5.60 Å². The quantitative estimate of drug-likeness (QED) is 0.715. The number of hydrogen-bond donors (Lipinski definition) is 2. The van der Waals surface area contributed by atoms with E-state index in [1.807, 2.05) is 0 Å². The molecule has 0 aromatic heterocycles. The van der Waals surface area contributed by atoms with E-state index < -0.39 is 17.2 Å². The van der Waals surface area contributed by atoms with Crippen molar-refractivity contribution in [2.45, 2.75) is 24.5 Å². The Balaban J connectivity index is 2.32. The van der Waals surface area contributed by atoms with Gasteiger partial charge in [0.25, 0.3) is 0 Å². The van der Waals surface area contributed by atoms with Crippen LogP contribution in [0.5, 0.6) is 0 Å². The van der Waals surface area contributed by atoms with Crippen molar-refractivity contribution in [2.75, 3.05) is 0 Å². The third-order valence-electron chi connectivity index (χ3n) is 2.60. The second-order valence-corrected chi connectivity index (χ2v) is 3.86. The Morgan fingerprint density at radius 2 is 1.71 bits per heavy atom. The highest BCUT2D eigenvalue weighted by Crippen LogP contribution is 2.40. The molecule has 1 aliphatic carbocycles. The fourth-order valence-corrected chi connectivity index (χ4v) is 1.87. The van der Waals surface area contributed by atoms with Crippen molar-refractivity contribution in [3.05, 3.63) is 35.4 Å². The Bertz CT molecular complexity index is 341. The molecule has 1 aromatic carbocycles. The minimum Gasteiger partial charge on any atom is -0.385 e. The van der Waals surface area contributed by atoms with E-state index in [1.165, 1.54) is 0 Å². The zero-order chi connectivity index (χ0) is 10.3. The Labute approximate surface area is 80.4 Å². The molecule has 1 aliphatic rings. The molecule has 1 fully saturated rings. The SMILES string of the molecule is NC1CC(O)(c2cc(F)cc(F)c2)C1. The summed E-state index contributed by atoms with van der Waals surface area (Å²) in [6.07, 6.45) is 0.714. The van der Waals surface area contributed by atoms with Gasteiger partial charge in [0.2, 0.25) is 0 Å². The number of nitrogens with two attached hydrogens (primary N) is 1. The number of benzene rings is 1. The smallest absolute Gasteiger partial charge is 0.126 e. The maximum atomic E-state index is 12.8. The van der Waals surface area contributed by atoms with Gasteiger partial charge in [-0.3, -0.25) is 0 Å². The largest absolute Gasteiger partial charge is 0.385 e. The van der Waals surface area contributed by atoms with E-state index in [0.29, 0.717) is 12.8 Å². The van der Waals surface area contributed by atoms with E-state index in [4.69, 9.17) is 5.73 Å². The van der Waals surface area contributed by atoms with Gasteiger partial charge in [-0.05, 0) is 30.5 Å². The van der Waals surface area contributed by atoms with Crippen LogP contribution in [-0.4, -0.2) is 11.1 Å². The molecule has 0 spiro atoms. The van der Waals surface area contributed by atoms with Crippen LogP contribution >= 0.6 is 0 Å². The number of hydrogen-bond acceptors (Lipinski definition) is 2. The Morgan fingerprint density at radius 1 is 1.21 bits per heavy atom. The zero-order valence-corrected chi connectivity index (χ0v) is 7.50. The number of aliphatic hydroxyl groups is 1. The first-order valence-electron chi connectivity index (χ1n) is 4.44. The minimum atomic E-state index is -1.14. The summed E-state index contributed by atoms with van der Waals surface area (Å²) in [5.74, 6) is -1.34. The van der Waals surface area contributed by atoms with Crippen molar-refractivity contribution < 1.29 is 13.9 Å². The molecule has 0 bridgehead atoms. The first-order valence-corrected chi connectivity index (χ1v) is 4.44. The van der Waals surface area contributed by atoms with E-state index in [2.05, 4.69) is 0 Å². The Kier molecular flexibility index (Phi) is 2.05. The molecule has 2 rings (SSSR count). The van der Waals surface area contributed by atoms with Crippen LogP contribution in [0.1, 0.15) is 18.4 Å². The van der Waals surface area contributed by atoms with Gasteiger partial charge in [0.15, 0.2) is 0 Å². The number of halogens is 2. The fourth-order valence-electron chi connectivity index (χ4n) is 1.87.